The Morgan fingerprint density at radius 1 is 1.10 bits per heavy atom. The summed E-state index contributed by atoms with van der Waals surface area (Å²) in [5.41, 5.74) is 2.46. The summed E-state index contributed by atoms with van der Waals surface area (Å²) in [5, 5.41) is 3.14. The normalized spacial score (nSPS) is 11.3. The van der Waals surface area contributed by atoms with E-state index >= 15 is 0 Å². The number of anilines is 1. The smallest absolute Gasteiger partial charge is 0.127 e. The molecule has 0 saturated carbocycles. The van der Waals surface area contributed by atoms with Gasteiger partial charge >= 0.3 is 0 Å². The number of pyridine rings is 2. The second-order valence-electron chi connectivity index (χ2n) is 5.71. The topological polar surface area (TPSA) is 47.0 Å². The summed E-state index contributed by atoms with van der Waals surface area (Å²) in [6.45, 7) is 7.53. The van der Waals surface area contributed by atoms with E-state index in [4.69, 9.17) is 4.74 Å². The molecule has 0 amide bonds. The van der Waals surface area contributed by atoms with Crippen molar-refractivity contribution in [3.63, 3.8) is 0 Å². The predicted molar refractivity (Wildman–Crippen MR) is 80.5 cm³/mol. The Kier molecular flexibility index (Phi) is 4.69. The van der Waals surface area contributed by atoms with Crippen LogP contribution in [0.2, 0.25) is 0 Å². The number of rotatable bonds is 5. The number of hydrogen-bond donors (Lipinski definition) is 1. The van der Waals surface area contributed by atoms with Gasteiger partial charge in [0.1, 0.15) is 12.5 Å². The van der Waals surface area contributed by atoms with Gasteiger partial charge < -0.3 is 10.1 Å². The molecule has 20 heavy (non-hydrogen) atoms. The lowest BCUT2D eigenvalue weighted by molar-refractivity contribution is 0.138. The fraction of sp³-hybridized carbons (Fsp3) is 0.375. The highest BCUT2D eigenvalue weighted by molar-refractivity contribution is 5.36. The first-order valence-corrected chi connectivity index (χ1v) is 6.73. The Morgan fingerprint density at radius 3 is 2.45 bits per heavy atom. The summed E-state index contributed by atoms with van der Waals surface area (Å²) in [4.78, 5) is 8.36. The first-order valence-electron chi connectivity index (χ1n) is 6.73. The molecule has 0 fully saturated rings. The van der Waals surface area contributed by atoms with Crippen molar-refractivity contribution in [1.29, 1.82) is 0 Å². The van der Waals surface area contributed by atoms with Crippen molar-refractivity contribution >= 4 is 5.82 Å². The molecule has 0 unspecified atom stereocenters. The van der Waals surface area contributed by atoms with Crippen molar-refractivity contribution in [2.75, 3.05) is 12.0 Å². The maximum atomic E-state index is 5.54. The molecule has 106 valence electrons. The zero-order chi connectivity index (χ0) is 14.4. The zero-order valence-corrected chi connectivity index (χ0v) is 12.3. The average molecular weight is 271 g/mol. The summed E-state index contributed by atoms with van der Waals surface area (Å²) in [7, 11) is 0. The van der Waals surface area contributed by atoms with Gasteiger partial charge in [-0.2, -0.15) is 0 Å². The van der Waals surface area contributed by atoms with Crippen LogP contribution >= 0.6 is 0 Å². The third kappa shape index (κ3) is 4.31. The molecular weight excluding hydrogens is 250 g/mol. The lowest BCUT2D eigenvalue weighted by atomic mass is 9.88. The second kappa shape index (κ2) is 6.48. The molecule has 0 saturated heterocycles. The van der Waals surface area contributed by atoms with E-state index in [0.29, 0.717) is 13.3 Å². The standard InChI is InChI=1S/C16H21N3O/c1-16(2,3)14-4-5-15(18-10-14)19-12-20-11-13-6-8-17-9-7-13/h4-10H,11-12H2,1-3H3,(H,18,19). The maximum absolute atomic E-state index is 5.54. The molecule has 4 nitrogen and oxygen atoms in total. The quantitative estimate of drug-likeness (QED) is 0.669. The summed E-state index contributed by atoms with van der Waals surface area (Å²) in [6, 6.07) is 7.96. The Bertz CT molecular complexity index is 518. The Labute approximate surface area is 120 Å². The van der Waals surface area contributed by atoms with Crippen molar-refractivity contribution in [3.8, 4) is 0 Å². The molecule has 2 aromatic heterocycles. The molecule has 0 aliphatic rings. The molecule has 2 aromatic rings. The highest BCUT2D eigenvalue weighted by Crippen LogP contribution is 2.21. The molecule has 0 aromatic carbocycles. The molecular formula is C16H21N3O. The van der Waals surface area contributed by atoms with Crippen LogP contribution in [0.4, 0.5) is 5.82 Å². The lowest BCUT2D eigenvalue weighted by Crippen LogP contribution is -2.12. The second-order valence-corrected chi connectivity index (χ2v) is 5.71. The first kappa shape index (κ1) is 14.5. The summed E-state index contributed by atoms with van der Waals surface area (Å²) in [6.07, 6.45) is 5.43. The molecule has 2 heterocycles. The zero-order valence-electron chi connectivity index (χ0n) is 12.3. The summed E-state index contributed by atoms with van der Waals surface area (Å²) in [5.74, 6) is 0.827. The summed E-state index contributed by atoms with van der Waals surface area (Å²) < 4.78 is 5.54. The molecule has 2 rings (SSSR count). The monoisotopic (exact) mass is 271 g/mol. The van der Waals surface area contributed by atoms with Gasteiger partial charge in [0.15, 0.2) is 0 Å². The fourth-order valence-corrected chi connectivity index (χ4v) is 1.71. The number of hydrogen-bond acceptors (Lipinski definition) is 4. The molecule has 0 aliphatic carbocycles. The largest absolute Gasteiger partial charge is 0.357 e. The van der Waals surface area contributed by atoms with Gasteiger partial charge in [-0.25, -0.2) is 4.98 Å². The molecule has 0 radical (unpaired) electrons. The van der Waals surface area contributed by atoms with Crippen LogP contribution in [0, 0.1) is 0 Å². The van der Waals surface area contributed by atoms with Crippen LogP contribution < -0.4 is 5.32 Å². The van der Waals surface area contributed by atoms with Gasteiger partial charge in [0.05, 0.1) is 6.61 Å². The third-order valence-corrected chi connectivity index (χ3v) is 3.00. The van der Waals surface area contributed by atoms with Crippen LogP contribution in [0.3, 0.4) is 0 Å². The summed E-state index contributed by atoms with van der Waals surface area (Å²) >= 11 is 0. The van der Waals surface area contributed by atoms with Gasteiger partial charge in [0.25, 0.3) is 0 Å². The average Bonchev–Trinajstić information content (AvgIpc) is 2.44. The van der Waals surface area contributed by atoms with E-state index in [1.165, 1.54) is 5.56 Å². The van der Waals surface area contributed by atoms with E-state index in [9.17, 15) is 0 Å². The van der Waals surface area contributed by atoms with Gasteiger partial charge in [-0.1, -0.05) is 26.8 Å². The van der Waals surface area contributed by atoms with Crippen LogP contribution in [0.25, 0.3) is 0 Å². The third-order valence-electron chi connectivity index (χ3n) is 3.00. The maximum Gasteiger partial charge on any atom is 0.127 e. The van der Waals surface area contributed by atoms with Gasteiger partial charge in [-0.05, 0) is 34.7 Å². The Balaban J connectivity index is 1.77. The minimum atomic E-state index is 0.128. The van der Waals surface area contributed by atoms with Gasteiger partial charge in [0, 0.05) is 18.6 Å². The highest BCUT2D eigenvalue weighted by atomic mass is 16.5. The van der Waals surface area contributed by atoms with Crippen molar-refractivity contribution < 1.29 is 4.74 Å². The molecule has 1 N–H and O–H groups in total. The molecule has 0 bridgehead atoms. The van der Waals surface area contributed by atoms with Gasteiger partial charge in [-0.15, -0.1) is 0 Å². The molecule has 0 spiro atoms. The van der Waals surface area contributed by atoms with E-state index in [1.54, 1.807) is 12.4 Å². The van der Waals surface area contributed by atoms with Gasteiger partial charge in [-0.3, -0.25) is 4.98 Å². The van der Waals surface area contributed by atoms with Crippen LogP contribution in [0.15, 0.2) is 42.9 Å². The minimum Gasteiger partial charge on any atom is -0.357 e. The molecule has 0 atom stereocenters. The number of aromatic nitrogens is 2. The number of nitrogens with zero attached hydrogens (tertiary/aromatic N) is 2. The Hall–Kier alpha value is -1.94. The van der Waals surface area contributed by atoms with Crippen molar-refractivity contribution in [3.05, 3.63) is 54.0 Å². The van der Waals surface area contributed by atoms with E-state index in [0.717, 1.165) is 11.4 Å². The van der Waals surface area contributed by atoms with Gasteiger partial charge in [0.2, 0.25) is 0 Å². The predicted octanol–water partition coefficient (Wildman–Crippen LogP) is 3.36. The Morgan fingerprint density at radius 2 is 1.85 bits per heavy atom. The number of nitrogens with one attached hydrogen (secondary N) is 1. The van der Waals surface area contributed by atoms with E-state index in [1.807, 2.05) is 24.4 Å². The van der Waals surface area contributed by atoms with Crippen molar-refractivity contribution in [2.24, 2.45) is 0 Å². The van der Waals surface area contributed by atoms with Crippen molar-refractivity contribution in [2.45, 2.75) is 32.8 Å². The molecule has 4 heteroatoms. The van der Waals surface area contributed by atoms with Crippen LogP contribution in [0.5, 0.6) is 0 Å². The SMILES string of the molecule is CC(C)(C)c1ccc(NCOCc2ccncc2)nc1. The first-order chi connectivity index (χ1) is 9.55. The number of ether oxygens (including phenoxy) is 1. The van der Waals surface area contributed by atoms with Crippen molar-refractivity contribution in [1.82, 2.24) is 9.97 Å². The fourth-order valence-electron chi connectivity index (χ4n) is 1.71. The lowest BCUT2D eigenvalue weighted by Gasteiger charge is -2.18. The minimum absolute atomic E-state index is 0.128. The van der Waals surface area contributed by atoms with Crippen LogP contribution in [-0.4, -0.2) is 16.7 Å². The van der Waals surface area contributed by atoms with Crippen LogP contribution in [-0.2, 0) is 16.8 Å². The van der Waals surface area contributed by atoms with E-state index in [-0.39, 0.29) is 5.41 Å². The van der Waals surface area contributed by atoms with Crippen LogP contribution in [0.1, 0.15) is 31.9 Å². The van der Waals surface area contributed by atoms with E-state index in [2.05, 4.69) is 42.1 Å². The highest BCUT2D eigenvalue weighted by Gasteiger charge is 2.13. The van der Waals surface area contributed by atoms with E-state index < -0.39 is 0 Å². The molecule has 0 aliphatic heterocycles.